The Balaban J connectivity index is 2.27. The average molecular weight is 296 g/mol. The molecule has 110 valence electrons. The van der Waals surface area contributed by atoms with Crippen LogP contribution in [-0.2, 0) is 0 Å². The van der Waals surface area contributed by atoms with E-state index in [9.17, 15) is 13.2 Å². The van der Waals surface area contributed by atoms with Gasteiger partial charge in [-0.15, -0.1) is 0 Å². The Kier molecular flexibility index (Phi) is 3.16. The molecule has 2 aromatic rings. The maximum absolute atomic E-state index is 14.2. The molecule has 0 bridgehead atoms. The number of hydrogen-bond acceptors (Lipinski definition) is 3. The van der Waals surface area contributed by atoms with Gasteiger partial charge in [0.25, 0.3) is 6.36 Å². The molecule has 0 radical (unpaired) electrons. The van der Waals surface area contributed by atoms with Crippen molar-refractivity contribution < 1.29 is 27.4 Å². The number of ether oxygens (including phenoxy) is 3. The third kappa shape index (κ3) is 1.90. The zero-order valence-corrected chi connectivity index (χ0v) is 11.2. The number of rotatable bonds is 2. The van der Waals surface area contributed by atoms with Crippen LogP contribution in [0, 0.1) is 11.6 Å². The number of fused-ring (bicyclic) bond motifs is 3. The summed E-state index contributed by atoms with van der Waals surface area (Å²) in [5.41, 5.74) is 0.189. The lowest BCUT2D eigenvalue weighted by Gasteiger charge is -2.25. The molecule has 1 aliphatic heterocycles. The van der Waals surface area contributed by atoms with Crippen LogP contribution in [0.2, 0.25) is 0 Å². The van der Waals surface area contributed by atoms with Crippen molar-refractivity contribution in [2.45, 2.75) is 6.36 Å². The van der Waals surface area contributed by atoms with Gasteiger partial charge in [-0.2, -0.15) is 8.78 Å². The standard InChI is InChI=1S/C15H11F3O3/c1-19-9-5-3-7-8-4-6-10(20-2)13(17)14(8)21-15(18)11(7)12(9)16/h3-6,15H,1-2H3. The number of alkyl halides is 1. The molecule has 21 heavy (non-hydrogen) atoms. The Morgan fingerprint density at radius 1 is 0.905 bits per heavy atom. The fourth-order valence-corrected chi connectivity index (χ4v) is 2.37. The number of hydrogen-bond donors (Lipinski definition) is 0. The van der Waals surface area contributed by atoms with E-state index >= 15 is 0 Å². The summed E-state index contributed by atoms with van der Waals surface area (Å²) in [5.74, 6) is -2.14. The number of benzene rings is 2. The van der Waals surface area contributed by atoms with Crippen LogP contribution in [0.3, 0.4) is 0 Å². The maximum atomic E-state index is 14.2. The molecule has 1 aliphatic rings. The molecule has 0 saturated carbocycles. The highest BCUT2D eigenvalue weighted by Gasteiger charge is 2.33. The molecule has 0 saturated heterocycles. The van der Waals surface area contributed by atoms with E-state index in [1.54, 1.807) is 0 Å². The molecule has 3 nitrogen and oxygen atoms in total. The van der Waals surface area contributed by atoms with Crippen molar-refractivity contribution in [2.75, 3.05) is 14.2 Å². The Bertz CT molecular complexity index is 716. The number of halogens is 3. The van der Waals surface area contributed by atoms with Gasteiger partial charge in [0.2, 0.25) is 5.82 Å². The lowest BCUT2D eigenvalue weighted by molar-refractivity contribution is 0.0559. The first-order chi connectivity index (χ1) is 10.1. The zero-order valence-electron chi connectivity index (χ0n) is 11.2. The maximum Gasteiger partial charge on any atom is 0.268 e. The molecule has 6 heteroatoms. The van der Waals surface area contributed by atoms with Crippen molar-refractivity contribution in [3.8, 4) is 28.4 Å². The zero-order chi connectivity index (χ0) is 15.1. The SMILES string of the molecule is COc1ccc2c(c1F)OC(F)c1c-2ccc(OC)c1F. The molecule has 2 aromatic carbocycles. The first kappa shape index (κ1) is 13.6. The van der Waals surface area contributed by atoms with Crippen molar-refractivity contribution >= 4 is 0 Å². The molecule has 0 aromatic heterocycles. The molecule has 0 aliphatic carbocycles. The summed E-state index contributed by atoms with van der Waals surface area (Å²) in [5, 5.41) is 0. The van der Waals surface area contributed by atoms with E-state index in [1.807, 2.05) is 0 Å². The Morgan fingerprint density at radius 2 is 1.48 bits per heavy atom. The van der Waals surface area contributed by atoms with Gasteiger partial charge in [-0.1, -0.05) is 0 Å². The second-order valence-corrected chi connectivity index (χ2v) is 4.44. The average Bonchev–Trinajstić information content (AvgIpc) is 2.48. The van der Waals surface area contributed by atoms with Crippen LogP contribution in [0.25, 0.3) is 11.1 Å². The van der Waals surface area contributed by atoms with Gasteiger partial charge in [0.15, 0.2) is 23.1 Å². The smallest absolute Gasteiger partial charge is 0.268 e. The lowest BCUT2D eigenvalue weighted by Crippen LogP contribution is -2.14. The van der Waals surface area contributed by atoms with E-state index in [1.165, 1.54) is 38.5 Å². The normalized spacial score (nSPS) is 15.8. The predicted octanol–water partition coefficient (Wildman–Crippen LogP) is 4.01. The van der Waals surface area contributed by atoms with E-state index in [0.29, 0.717) is 0 Å². The van der Waals surface area contributed by atoms with Gasteiger partial charge >= 0.3 is 0 Å². The Morgan fingerprint density at radius 3 is 2.10 bits per heavy atom. The van der Waals surface area contributed by atoms with Crippen LogP contribution in [0.1, 0.15) is 11.9 Å². The van der Waals surface area contributed by atoms with E-state index in [2.05, 4.69) is 0 Å². The van der Waals surface area contributed by atoms with Gasteiger partial charge in [0.05, 0.1) is 19.8 Å². The summed E-state index contributed by atoms with van der Waals surface area (Å²) >= 11 is 0. The van der Waals surface area contributed by atoms with Crippen LogP contribution in [-0.4, -0.2) is 14.2 Å². The van der Waals surface area contributed by atoms with E-state index < -0.39 is 18.0 Å². The molecule has 0 fully saturated rings. The summed E-state index contributed by atoms with van der Waals surface area (Å²) in [6.45, 7) is 0. The molecule has 0 spiro atoms. The highest BCUT2D eigenvalue weighted by atomic mass is 19.2. The summed E-state index contributed by atoms with van der Waals surface area (Å²) < 4.78 is 57.0. The minimum atomic E-state index is -2.12. The third-order valence-electron chi connectivity index (χ3n) is 3.38. The quantitative estimate of drug-likeness (QED) is 0.838. The Hall–Kier alpha value is -2.37. The van der Waals surface area contributed by atoms with Crippen molar-refractivity contribution in [1.82, 2.24) is 0 Å². The minimum absolute atomic E-state index is 0.0709. The molecule has 1 heterocycles. The van der Waals surface area contributed by atoms with Crippen molar-refractivity contribution in [2.24, 2.45) is 0 Å². The lowest BCUT2D eigenvalue weighted by atomic mass is 9.95. The molecule has 1 unspecified atom stereocenters. The van der Waals surface area contributed by atoms with E-state index in [4.69, 9.17) is 14.2 Å². The summed E-state index contributed by atoms with van der Waals surface area (Å²) in [7, 11) is 2.57. The van der Waals surface area contributed by atoms with Crippen LogP contribution >= 0.6 is 0 Å². The van der Waals surface area contributed by atoms with Gasteiger partial charge in [-0.25, -0.2) is 4.39 Å². The van der Waals surface area contributed by atoms with Crippen LogP contribution < -0.4 is 14.2 Å². The molecular weight excluding hydrogens is 285 g/mol. The highest BCUT2D eigenvalue weighted by molar-refractivity contribution is 5.77. The van der Waals surface area contributed by atoms with E-state index in [-0.39, 0.29) is 33.9 Å². The molecule has 1 atom stereocenters. The molecule has 3 rings (SSSR count). The largest absolute Gasteiger partial charge is 0.494 e. The van der Waals surface area contributed by atoms with Crippen molar-refractivity contribution in [3.05, 3.63) is 41.5 Å². The Labute approximate surface area is 118 Å². The monoisotopic (exact) mass is 296 g/mol. The molecular formula is C15H11F3O3. The topological polar surface area (TPSA) is 27.7 Å². The third-order valence-corrected chi connectivity index (χ3v) is 3.38. The second kappa shape index (κ2) is 4.87. The van der Waals surface area contributed by atoms with Crippen LogP contribution in [0.15, 0.2) is 24.3 Å². The van der Waals surface area contributed by atoms with Gasteiger partial charge in [0, 0.05) is 5.56 Å². The first-order valence-corrected chi connectivity index (χ1v) is 6.12. The fourth-order valence-electron chi connectivity index (χ4n) is 2.37. The summed E-state index contributed by atoms with van der Waals surface area (Å²) in [6, 6.07) is 5.70. The van der Waals surface area contributed by atoms with Crippen LogP contribution in [0.4, 0.5) is 13.2 Å². The van der Waals surface area contributed by atoms with E-state index in [0.717, 1.165) is 0 Å². The predicted molar refractivity (Wildman–Crippen MR) is 69.4 cm³/mol. The van der Waals surface area contributed by atoms with Gasteiger partial charge in [-0.3, -0.25) is 0 Å². The minimum Gasteiger partial charge on any atom is -0.494 e. The molecule has 0 amide bonds. The van der Waals surface area contributed by atoms with Gasteiger partial charge in [-0.05, 0) is 29.8 Å². The molecule has 0 N–H and O–H groups in total. The fraction of sp³-hybridized carbons (Fsp3) is 0.200. The van der Waals surface area contributed by atoms with Crippen molar-refractivity contribution in [3.63, 3.8) is 0 Å². The highest BCUT2D eigenvalue weighted by Crippen LogP contribution is 2.48. The first-order valence-electron chi connectivity index (χ1n) is 6.12. The van der Waals surface area contributed by atoms with Gasteiger partial charge in [0.1, 0.15) is 0 Å². The van der Waals surface area contributed by atoms with Crippen LogP contribution in [0.5, 0.6) is 17.2 Å². The second-order valence-electron chi connectivity index (χ2n) is 4.44. The van der Waals surface area contributed by atoms with Crippen molar-refractivity contribution in [1.29, 1.82) is 0 Å². The van der Waals surface area contributed by atoms with Gasteiger partial charge < -0.3 is 14.2 Å². The summed E-state index contributed by atoms with van der Waals surface area (Å²) in [6.07, 6.45) is -2.12. The summed E-state index contributed by atoms with van der Waals surface area (Å²) in [4.78, 5) is 0. The number of methoxy groups -OCH3 is 2.